The molecular weight excluding hydrogens is 276 g/mol. The van der Waals surface area contributed by atoms with Gasteiger partial charge in [-0.1, -0.05) is 30.3 Å². The highest BCUT2D eigenvalue weighted by Crippen LogP contribution is 2.41. The minimum absolute atomic E-state index is 0.0880. The van der Waals surface area contributed by atoms with Crippen LogP contribution in [0.1, 0.15) is 39.2 Å². The van der Waals surface area contributed by atoms with Crippen LogP contribution < -0.4 is 0 Å². The van der Waals surface area contributed by atoms with Crippen LogP contribution in [0.15, 0.2) is 30.3 Å². The quantitative estimate of drug-likeness (QED) is 0.728. The van der Waals surface area contributed by atoms with E-state index in [2.05, 4.69) is 0 Å². The Hall–Kier alpha value is -1.65. The lowest BCUT2D eigenvalue weighted by molar-refractivity contribution is -0.121. The Morgan fingerprint density at radius 3 is 2.52 bits per heavy atom. The van der Waals surface area contributed by atoms with Gasteiger partial charge in [-0.3, -0.25) is 4.90 Å². The highest BCUT2D eigenvalue weighted by atomic mass is 19.2. The van der Waals surface area contributed by atoms with E-state index in [9.17, 15) is 9.18 Å². The topological polar surface area (TPSA) is 29.5 Å². The van der Waals surface area contributed by atoms with E-state index in [4.69, 9.17) is 4.74 Å². The van der Waals surface area contributed by atoms with Crippen LogP contribution in [0.3, 0.4) is 0 Å². The molecule has 5 heteroatoms. The number of hydrogen-bond donors (Lipinski definition) is 0. The Labute approximate surface area is 123 Å². The second kappa shape index (κ2) is 5.62. The van der Waals surface area contributed by atoms with E-state index in [0.717, 1.165) is 4.90 Å². The van der Waals surface area contributed by atoms with Gasteiger partial charge in [0.25, 0.3) is 0 Å². The first-order valence-corrected chi connectivity index (χ1v) is 7.14. The fourth-order valence-electron chi connectivity index (χ4n) is 2.50. The Bertz CT molecular complexity index is 501. The van der Waals surface area contributed by atoms with Crippen molar-refractivity contribution in [2.45, 2.75) is 51.2 Å². The largest absolute Gasteiger partial charge is 0.444 e. The summed E-state index contributed by atoms with van der Waals surface area (Å²) in [6.07, 6.45) is -2.08. The van der Waals surface area contributed by atoms with Crippen molar-refractivity contribution < 1.29 is 18.3 Å². The van der Waals surface area contributed by atoms with Gasteiger partial charge in [-0.2, -0.15) is 0 Å². The molecule has 3 nitrogen and oxygen atoms in total. The molecule has 2 atom stereocenters. The van der Waals surface area contributed by atoms with Crippen LogP contribution in [0.2, 0.25) is 0 Å². The fraction of sp³-hybridized carbons (Fsp3) is 0.562. The van der Waals surface area contributed by atoms with E-state index in [1.54, 1.807) is 39.0 Å². The third-order valence-corrected chi connectivity index (χ3v) is 3.44. The summed E-state index contributed by atoms with van der Waals surface area (Å²) in [6, 6.07) is 7.97. The molecule has 2 unspecified atom stereocenters. The van der Waals surface area contributed by atoms with Crippen LogP contribution in [0.4, 0.5) is 13.6 Å². The van der Waals surface area contributed by atoms with Crippen LogP contribution in [-0.4, -0.2) is 29.3 Å². The van der Waals surface area contributed by atoms with E-state index in [-0.39, 0.29) is 18.5 Å². The van der Waals surface area contributed by atoms with Crippen molar-refractivity contribution in [3.8, 4) is 0 Å². The summed E-state index contributed by atoms with van der Waals surface area (Å²) < 4.78 is 35.0. The molecule has 2 rings (SSSR count). The first kappa shape index (κ1) is 15.7. The third kappa shape index (κ3) is 3.17. The molecule has 0 saturated carbocycles. The normalized spacial score (nSPS) is 26.5. The number of benzene rings is 1. The zero-order valence-corrected chi connectivity index (χ0v) is 12.6. The molecule has 1 aliphatic rings. The van der Waals surface area contributed by atoms with E-state index < -0.39 is 23.7 Å². The lowest BCUT2D eigenvalue weighted by Crippen LogP contribution is -2.56. The summed E-state index contributed by atoms with van der Waals surface area (Å²) in [5.74, 6) is -2.47. The molecule has 21 heavy (non-hydrogen) atoms. The molecule has 0 aliphatic carbocycles. The zero-order chi connectivity index (χ0) is 15.7. The molecular formula is C16H21F2NO2. The van der Waals surface area contributed by atoms with Crippen molar-refractivity contribution >= 4 is 6.09 Å². The van der Waals surface area contributed by atoms with Crippen LogP contribution in [0, 0.1) is 0 Å². The fourth-order valence-corrected chi connectivity index (χ4v) is 2.50. The maximum absolute atomic E-state index is 15.4. The Balaban J connectivity index is 2.36. The Morgan fingerprint density at radius 1 is 1.33 bits per heavy atom. The Morgan fingerprint density at radius 2 is 1.95 bits per heavy atom. The maximum atomic E-state index is 15.4. The van der Waals surface area contributed by atoms with Gasteiger partial charge in [0.1, 0.15) is 5.60 Å². The lowest BCUT2D eigenvalue weighted by atomic mass is 9.91. The first-order valence-electron chi connectivity index (χ1n) is 7.14. The van der Waals surface area contributed by atoms with Crippen molar-refractivity contribution in [2.24, 2.45) is 0 Å². The van der Waals surface area contributed by atoms with Gasteiger partial charge in [0.15, 0.2) is 6.17 Å². The molecule has 1 heterocycles. The number of nitrogens with zero attached hydrogens (tertiary/aromatic N) is 1. The smallest absolute Gasteiger partial charge is 0.413 e. The standard InChI is InChI=1S/C16H21F2NO2/c1-15(2,3)21-14(20)19-11-7-10-13(17)16(19,18)12-8-5-4-6-9-12/h4-6,8-9,13H,7,10-11H2,1-3H3. The average Bonchev–Trinajstić information content (AvgIpc) is 2.41. The van der Waals surface area contributed by atoms with Gasteiger partial charge in [0.2, 0.25) is 5.79 Å². The average molecular weight is 297 g/mol. The minimum atomic E-state index is -2.47. The summed E-state index contributed by atoms with van der Waals surface area (Å²) in [6.45, 7) is 5.24. The van der Waals surface area contributed by atoms with Crippen molar-refractivity contribution in [3.05, 3.63) is 35.9 Å². The number of carbonyl (C=O) groups is 1. The number of rotatable bonds is 1. The Kier molecular flexibility index (Phi) is 4.21. The van der Waals surface area contributed by atoms with Crippen molar-refractivity contribution in [1.82, 2.24) is 4.90 Å². The number of likely N-dealkylation sites (tertiary alicyclic amines) is 1. The summed E-state index contributed by atoms with van der Waals surface area (Å²) in [7, 11) is 0. The third-order valence-electron chi connectivity index (χ3n) is 3.44. The predicted octanol–water partition coefficient (Wildman–Crippen LogP) is 4.18. The van der Waals surface area contributed by atoms with Gasteiger partial charge in [-0.05, 0) is 33.6 Å². The van der Waals surface area contributed by atoms with Crippen molar-refractivity contribution in [1.29, 1.82) is 0 Å². The highest BCUT2D eigenvalue weighted by Gasteiger charge is 2.52. The SMILES string of the molecule is CC(C)(C)OC(=O)N1CCCC(F)C1(F)c1ccccc1. The molecule has 0 spiro atoms. The number of carbonyl (C=O) groups excluding carboxylic acids is 1. The van der Waals surface area contributed by atoms with Crippen LogP contribution in [-0.2, 0) is 10.5 Å². The maximum Gasteiger partial charge on any atom is 0.413 e. The van der Waals surface area contributed by atoms with Crippen molar-refractivity contribution in [2.75, 3.05) is 6.54 Å². The molecule has 0 radical (unpaired) electrons. The van der Waals surface area contributed by atoms with Gasteiger partial charge >= 0.3 is 6.09 Å². The van der Waals surface area contributed by atoms with Gasteiger partial charge in [0, 0.05) is 12.1 Å². The minimum Gasteiger partial charge on any atom is -0.444 e. The van der Waals surface area contributed by atoms with Crippen LogP contribution in [0.25, 0.3) is 0 Å². The molecule has 1 saturated heterocycles. The molecule has 0 aromatic heterocycles. The van der Waals surface area contributed by atoms with Gasteiger partial charge in [0.05, 0.1) is 0 Å². The number of ether oxygens (including phenoxy) is 1. The summed E-state index contributed by atoms with van der Waals surface area (Å²) >= 11 is 0. The number of halogens is 2. The summed E-state index contributed by atoms with van der Waals surface area (Å²) in [5.41, 5.74) is -0.610. The molecule has 1 aromatic carbocycles. The van der Waals surface area contributed by atoms with Gasteiger partial charge in [-0.15, -0.1) is 0 Å². The summed E-state index contributed by atoms with van der Waals surface area (Å²) in [5, 5.41) is 0. The van der Waals surface area contributed by atoms with E-state index in [1.165, 1.54) is 12.1 Å². The van der Waals surface area contributed by atoms with E-state index in [0.29, 0.717) is 6.42 Å². The van der Waals surface area contributed by atoms with Crippen molar-refractivity contribution in [3.63, 3.8) is 0 Å². The predicted molar refractivity (Wildman–Crippen MR) is 76.3 cm³/mol. The van der Waals surface area contributed by atoms with E-state index >= 15 is 4.39 Å². The highest BCUT2D eigenvalue weighted by molar-refractivity contribution is 5.69. The molecule has 1 aliphatic heterocycles. The van der Waals surface area contributed by atoms with Crippen LogP contribution in [0.5, 0.6) is 0 Å². The lowest BCUT2D eigenvalue weighted by Gasteiger charge is -2.43. The van der Waals surface area contributed by atoms with Gasteiger partial charge < -0.3 is 4.74 Å². The number of amides is 1. The molecule has 0 N–H and O–H groups in total. The second-order valence-electron chi connectivity index (χ2n) is 6.28. The molecule has 1 aromatic rings. The molecule has 1 fully saturated rings. The summed E-state index contributed by atoms with van der Waals surface area (Å²) in [4.78, 5) is 13.1. The zero-order valence-electron chi connectivity index (χ0n) is 12.6. The monoisotopic (exact) mass is 297 g/mol. The van der Waals surface area contributed by atoms with Crippen LogP contribution >= 0.6 is 0 Å². The second-order valence-corrected chi connectivity index (χ2v) is 6.28. The number of alkyl halides is 2. The number of hydrogen-bond acceptors (Lipinski definition) is 2. The van der Waals surface area contributed by atoms with Gasteiger partial charge in [-0.25, -0.2) is 13.6 Å². The number of piperidine rings is 1. The molecule has 0 bridgehead atoms. The van der Waals surface area contributed by atoms with E-state index in [1.807, 2.05) is 0 Å². The molecule has 1 amide bonds. The first-order chi connectivity index (χ1) is 9.75. The molecule has 116 valence electrons.